The maximum Gasteiger partial charge on any atom is 0.194 e. The molecule has 3 rings (SSSR count). The van der Waals surface area contributed by atoms with Crippen LogP contribution in [0.2, 0.25) is 0 Å². The molecule has 0 amide bonds. The molecule has 0 spiro atoms. The molecule has 0 aliphatic rings. The van der Waals surface area contributed by atoms with Crippen molar-refractivity contribution < 1.29 is 4.74 Å². The SMILES string of the molecule is COCc1ccc2c(=O)c3ccc(C)cc3ccc2c1. The predicted molar refractivity (Wildman–Crippen MR) is 83.2 cm³/mol. The summed E-state index contributed by atoms with van der Waals surface area (Å²) in [6.45, 7) is 2.59. The number of fused-ring (bicyclic) bond motifs is 2. The van der Waals surface area contributed by atoms with E-state index in [2.05, 4.69) is 0 Å². The molecule has 0 aliphatic heterocycles. The normalized spacial score (nSPS) is 11.1. The van der Waals surface area contributed by atoms with Gasteiger partial charge in [0.1, 0.15) is 0 Å². The summed E-state index contributed by atoms with van der Waals surface area (Å²) in [7, 11) is 1.67. The van der Waals surface area contributed by atoms with E-state index in [0.717, 1.165) is 32.7 Å². The Morgan fingerprint density at radius 3 is 2.25 bits per heavy atom. The van der Waals surface area contributed by atoms with Gasteiger partial charge in [-0.15, -0.1) is 0 Å². The summed E-state index contributed by atoms with van der Waals surface area (Å²) in [5.74, 6) is 0. The highest BCUT2D eigenvalue weighted by molar-refractivity contribution is 5.93. The van der Waals surface area contributed by atoms with Crippen molar-refractivity contribution in [1.82, 2.24) is 0 Å². The van der Waals surface area contributed by atoms with Gasteiger partial charge in [-0.05, 0) is 29.3 Å². The van der Waals surface area contributed by atoms with Crippen LogP contribution >= 0.6 is 0 Å². The van der Waals surface area contributed by atoms with Crippen LogP contribution in [0.1, 0.15) is 11.1 Å². The van der Waals surface area contributed by atoms with Crippen molar-refractivity contribution in [3.8, 4) is 0 Å². The van der Waals surface area contributed by atoms with E-state index in [9.17, 15) is 4.79 Å². The third-order valence-electron chi connectivity index (χ3n) is 3.57. The number of rotatable bonds is 2. The van der Waals surface area contributed by atoms with Gasteiger partial charge >= 0.3 is 0 Å². The van der Waals surface area contributed by atoms with Gasteiger partial charge in [0.15, 0.2) is 5.43 Å². The first-order valence-electron chi connectivity index (χ1n) is 6.64. The van der Waals surface area contributed by atoms with Crippen molar-refractivity contribution in [2.24, 2.45) is 0 Å². The van der Waals surface area contributed by atoms with Crippen molar-refractivity contribution in [2.75, 3.05) is 7.11 Å². The Bertz CT molecular complexity index is 850. The van der Waals surface area contributed by atoms with Gasteiger partial charge in [0, 0.05) is 17.9 Å². The van der Waals surface area contributed by atoms with E-state index < -0.39 is 0 Å². The zero-order chi connectivity index (χ0) is 14.1. The fourth-order valence-electron chi connectivity index (χ4n) is 2.56. The quantitative estimate of drug-likeness (QED) is 0.703. The third kappa shape index (κ3) is 2.19. The minimum Gasteiger partial charge on any atom is -0.380 e. The summed E-state index contributed by atoms with van der Waals surface area (Å²) in [6.07, 6.45) is 0. The Hall–Kier alpha value is -2.19. The monoisotopic (exact) mass is 264 g/mol. The number of aryl methyl sites for hydroxylation is 1. The van der Waals surface area contributed by atoms with Crippen molar-refractivity contribution in [1.29, 1.82) is 0 Å². The molecule has 2 heteroatoms. The van der Waals surface area contributed by atoms with E-state index in [1.54, 1.807) is 7.11 Å². The molecule has 3 aromatic rings. The molecule has 0 radical (unpaired) electrons. The van der Waals surface area contributed by atoms with Crippen LogP contribution < -0.4 is 5.43 Å². The number of methoxy groups -OCH3 is 1. The average molecular weight is 264 g/mol. The molecule has 3 aromatic carbocycles. The summed E-state index contributed by atoms with van der Waals surface area (Å²) in [6, 6.07) is 15.8. The molecule has 0 aliphatic carbocycles. The minimum atomic E-state index is 0.0870. The molecule has 20 heavy (non-hydrogen) atoms. The summed E-state index contributed by atoms with van der Waals surface area (Å²) in [4.78, 5) is 12.6. The van der Waals surface area contributed by atoms with Crippen LogP contribution in [0.15, 0.2) is 53.3 Å². The van der Waals surface area contributed by atoms with Gasteiger partial charge in [0.2, 0.25) is 0 Å². The second-order valence-corrected chi connectivity index (χ2v) is 5.11. The number of hydrogen-bond acceptors (Lipinski definition) is 2. The Morgan fingerprint density at radius 2 is 1.55 bits per heavy atom. The van der Waals surface area contributed by atoms with Crippen LogP contribution in [0.5, 0.6) is 0 Å². The van der Waals surface area contributed by atoms with E-state index in [0.29, 0.717) is 6.61 Å². The second kappa shape index (κ2) is 5.06. The Kier molecular flexibility index (Phi) is 3.25. The summed E-state index contributed by atoms with van der Waals surface area (Å²) < 4.78 is 5.15. The van der Waals surface area contributed by atoms with E-state index >= 15 is 0 Å². The van der Waals surface area contributed by atoms with Crippen LogP contribution in [-0.4, -0.2) is 7.11 Å². The number of hydrogen-bond donors (Lipinski definition) is 0. The highest BCUT2D eigenvalue weighted by Crippen LogP contribution is 2.18. The van der Waals surface area contributed by atoms with Gasteiger partial charge in [0.05, 0.1) is 6.61 Å². The smallest absolute Gasteiger partial charge is 0.194 e. The van der Waals surface area contributed by atoms with Gasteiger partial charge < -0.3 is 4.74 Å². The molecule has 0 bridgehead atoms. The van der Waals surface area contributed by atoms with Crippen molar-refractivity contribution in [3.05, 3.63) is 69.9 Å². The lowest BCUT2D eigenvalue weighted by atomic mass is 10.1. The summed E-state index contributed by atoms with van der Waals surface area (Å²) in [5.41, 5.74) is 2.32. The molecule has 0 atom stereocenters. The second-order valence-electron chi connectivity index (χ2n) is 5.11. The lowest BCUT2D eigenvalue weighted by Gasteiger charge is -2.00. The van der Waals surface area contributed by atoms with Gasteiger partial charge in [0.25, 0.3) is 0 Å². The summed E-state index contributed by atoms with van der Waals surface area (Å²) in [5, 5.41) is 3.46. The van der Waals surface area contributed by atoms with Gasteiger partial charge in [-0.1, -0.05) is 48.0 Å². The molecule has 0 fully saturated rings. The van der Waals surface area contributed by atoms with Gasteiger partial charge in [-0.3, -0.25) is 4.79 Å². The fourth-order valence-corrected chi connectivity index (χ4v) is 2.56. The first-order valence-corrected chi connectivity index (χ1v) is 6.64. The third-order valence-corrected chi connectivity index (χ3v) is 3.57. The van der Waals surface area contributed by atoms with Crippen molar-refractivity contribution >= 4 is 21.5 Å². The molecule has 0 heterocycles. The Labute approximate surface area is 117 Å². The van der Waals surface area contributed by atoms with Crippen LogP contribution in [-0.2, 0) is 11.3 Å². The molecular weight excluding hydrogens is 248 g/mol. The maximum absolute atomic E-state index is 12.6. The molecule has 0 saturated heterocycles. The molecule has 0 unspecified atom stereocenters. The molecule has 2 nitrogen and oxygen atoms in total. The minimum absolute atomic E-state index is 0.0870. The molecule has 100 valence electrons. The number of ether oxygens (including phenoxy) is 1. The van der Waals surface area contributed by atoms with E-state index in [4.69, 9.17) is 4.74 Å². The van der Waals surface area contributed by atoms with Crippen molar-refractivity contribution in [3.63, 3.8) is 0 Å². The molecule has 0 saturated carbocycles. The van der Waals surface area contributed by atoms with E-state index in [1.807, 2.05) is 55.5 Å². The first kappa shape index (κ1) is 12.8. The largest absolute Gasteiger partial charge is 0.380 e. The number of benzene rings is 2. The lowest BCUT2D eigenvalue weighted by molar-refractivity contribution is 0.185. The summed E-state index contributed by atoms with van der Waals surface area (Å²) >= 11 is 0. The standard InChI is InChI=1S/C18H16O2/c1-12-3-7-16-14(9-12)5-6-15-10-13(11-20-2)4-8-17(15)18(16)19/h3-10H,11H2,1-2H3. The van der Waals surface area contributed by atoms with Crippen LogP contribution in [0.3, 0.4) is 0 Å². The van der Waals surface area contributed by atoms with Gasteiger partial charge in [-0.25, -0.2) is 0 Å². The van der Waals surface area contributed by atoms with Crippen molar-refractivity contribution in [2.45, 2.75) is 13.5 Å². The highest BCUT2D eigenvalue weighted by Gasteiger charge is 2.03. The topological polar surface area (TPSA) is 26.3 Å². The molecule has 0 N–H and O–H groups in total. The Morgan fingerprint density at radius 1 is 0.900 bits per heavy atom. The van der Waals surface area contributed by atoms with Gasteiger partial charge in [-0.2, -0.15) is 0 Å². The highest BCUT2D eigenvalue weighted by atomic mass is 16.5. The zero-order valence-corrected chi connectivity index (χ0v) is 11.6. The predicted octanol–water partition coefficient (Wildman–Crippen LogP) is 3.81. The maximum atomic E-state index is 12.6. The van der Waals surface area contributed by atoms with E-state index in [-0.39, 0.29) is 5.43 Å². The molecular formula is C18H16O2. The van der Waals surface area contributed by atoms with Crippen LogP contribution in [0.4, 0.5) is 0 Å². The first-order chi connectivity index (χ1) is 9.69. The van der Waals surface area contributed by atoms with Crippen LogP contribution in [0, 0.1) is 6.92 Å². The zero-order valence-electron chi connectivity index (χ0n) is 11.6. The fraction of sp³-hybridized carbons (Fsp3) is 0.167. The average Bonchev–Trinajstić information content (AvgIpc) is 2.57. The Balaban J connectivity index is 2.40. The van der Waals surface area contributed by atoms with Crippen LogP contribution in [0.25, 0.3) is 21.5 Å². The lowest BCUT2D eigenvalue weighted by Crippen LogP contribution is -1.99. The van der Waals surface area contributed by atoms with E-state index in [1.165, 1.54) is 0 Å². The molecule has 0 aromatic heterocycles.